The Morgan fingerprint density at radius 2 is 1.89 bits per heavy atom. The van der Waals surface area contributed by atoms with Crippen molar-refractivity contribution in [1.82, 2.24) is 9.55 Å². The second-order valence-corrected chi connectivity index (χ2v) is 14.5. The molecule has 0 spiro atoms. The first-order valence-electron chi connectivity index (χ1n) is 9.15. The molecule has 148 valence electrons. The fourth-order valence-corrected chi connectivity index (χ4v) is 4.29. The standard InChI is InChI=1S/C20H22Cl2N2O3Si/c1-28(2,3)7-6-25-11-24-16-9-14(21)20(23-15(16)10-19(24)22)13-4-5-17-18(8-13)27-12-26-17/h4-5,8-10H,6-7,11-12H2,1-3H3. The van der Waals surface area contributed by atoms with E-state index >= 15 is 0 Å². The molecule has 0 atom stereocenters. The Bertz CT molecular complexity index is 1030. The van der Waals surface area contributed by atoms with Crippen LogP contribution in [0.2, 0.25) is 35.9 Å². The summed E-state index contributed by atoms with van der Waals surface area (Å²) in [6, 6.07) is 10.5. The third kappa shape index (κ3) is 4.01. The van der Waals surface area contributed by atoms with Gasteiger partial charge in [-0.05, 0) is 30.3 Å². The van der Waals surface area contributed by atoms with Crippen LogP contribution in [0.5, 0.6) is 11.5 Å². The molecule has 28 heavy (non-hydrogen) atoms. The smallest absolute Gasteiger partial charge is 0.231 e. The number of fused-ring (bicyclic) bond motifs is 2. The van der Waals surface area contributed by atoms with Crippen LogP contribution in [-0.2, 0) is 11.5 Å². The summed E-state index contributed by atoms with van der Waals surface area (Å²) in [4.78, 5) is 4.74. The highest BCUT2D eigenvalue weighted by Crippen LogP contribution is 2.38. The number of hydrogen-bond donors (Lipinski definition) is 0. The normalized spacial score (nSPS) is 13.5. The van der Waals surface area contributed by atoms with Gasteiger partial charge in [0.05, 0.1) is 21.7 Å². The molecule has 0 saturated carbocycles. The number of halogens is 2. The lowest BCUT2D eigenvalue weighted by atomic mass is 10.1. The summed E-state index contributed by atoms with van der Waals surface area (Å²) in [7, 11) is -1.13. The number of pyridine rings is 1. The molecule has 2 aromatic heterocycles. The number of rotatable bonds is 6. The SMILES string of the molecule is C[Si](C)(C)CCOCn1c(Cl)cc2nc(-c3ccc4c(c3)OCO4)c(Cl)cc21. The van der Waals surface area contributed by atoms with Crippen molar-refractivity contribution in [2.75, 3.05) is 13.4 Å². The summed E-state index contributed by atoms with van der Waals surface area (Å²) in [5.41, 5.74) is 3.18. The van der Waals surface area contributed by atoms with Crippen molar-refractivity contribution in [2.45, 2.75) is 32.4 Å². The predicted molar refractivity (Wildman–Crippen MR) is 115 cm³/mol. The molecule has 8 heteroatoms. The molecule has 0 amide bonds. The first kappa shape index (κ1) is 19.6. The Kier molecular flexibility index (Phi) is 5.31. The largest absolute Gasteiger partial charge is 0.454 e. The van der Waals surface area contributed by atoms with Gasteiger partial charge in [0.15, 0.2) is 11.5 Å². The lowest BCUT2D eigenvalue weighted by Gasteiger charge is -2.16. The summed E-state index contributed by atoms with van der Waals surface area (Å²) < 4.78 is 18.6. The van der Waals surface area contributed by atoms with E-state index in [4.69, 9.17) is 42.4 Å². The van der Waals surface area contributed by atoms with Crippen LogP contribution < -0.4 is 9.47 Å². The van der Waals surface area contributed by atoms with Crippen molar-refractivity contribution in [3.8, 4) is 22.8 Å². The third-order valence-electron chi connectivity index (χ3n) is 4.65. The van der Waals surface area contributed by atoms with E-state index in [0.29, 0.717) is 28.3 Å². The van der Waals surface area contributed by atoms with Crippen LogP contribution in [0.3, 0.4) is 0 Å². The van der Waals surface area contributed by atoms with E-state index in [1.165, 1.54) is 0 Å². The van der Waals surface area contributed by atoms with Gasteiger partial charge in [0.1, 0.15) is 11.9 Å². The Morgan fingerprint density at radius 3 is 2.68 bits per heavy atom. The molecule has 3 aromatic rings. The van der Waals surface area contributed by atoms with Crippen LogP contribution in [0.25, 0.3) is 22.3 Å². The number of hydrogen-bond acceptors (Lipinski definition) is 4. The maximum atomic E-state index is 6.56. The summed E-state index contributed by atoms with van der Waals surface area (Å²) in [5.74, 6) is 1.42. The van der Waals surface area contributed by atoms with Gasteiger partial charge in [-0.15, -0.1) is 0 Å². The monoisotopic (exact) mass is 436 g/mol. The number of aromatic nitrogens is 2. The summed E-state index contributed by atoms with van der Waals surface area (Å²) >= 11 is 13.0. The van der Waals surface area contributed by atoms with Gasteiger partial charge >= 0.3 is 0 Å². The molecule has 3 heterocycles. The van der Waals surface area contributed by atoms with E-state index < -0.39 is 8.07 Å². The van der Waals surface area contributed by atoms with E-state index in [-0.39, 0.29) is 6.79 Å². The van der Waals surface area contributed by atoms with Crippen LogP contribution in [0.1, 0.15) is 0 Å². The third-order valence-corrected chi connectivity index (χ3v) is 6.96. The molecular formula is C20H22Cl2N2O3Si. The van der Waals surface area contributed by atoms with Gasteiger partial charge in [-0.3, -0.25) is 0 Å². The van der Waals surface area contributed by atoms with Crippen molar-refractivity contribution in [1.29, 1.82) is 0 Å². The topological polar surface area (TPSA) is 45.5 Å². The van der Waals surface area contributed by atoms with Gasteiger partial charge in [-0.2, -0.15) is 0 Å². The van der Waals surface area contributed by atoms with Crippen LogP contribution in [-0.4, -0.2) is 31.0 Å². The fourth-order valence-electron chi connectivity index (χ4n) is 3.03. The van der Waals surface area contributed by atoms with Gasteiger partial charge < -0.3 is 18.8 Å². The number of ether oxygens (including phenoxy) is 3. The lowest BCUT2D eigenvalue weighted by Crippen LogP contribution is -2.22. The molecule has 1 aromatic carbocycles. The summed E-state index contributed by atoms with van der Waals surface area (Å²) in [6.45, 7) is 8.33. The van der Waals surface area contributed by atoms with Crippen molar-refractivity contribution < 1.29 is 14.2 Å². The highest BCUT2D eigenvalue weighted by Gasteiger charge is 2.18. The van der Waals surface area contributed by atoms with Crippen molar-refractivity contribution in [2.24, 2.45) is 0 Å². The van der Waals surface area contributed by atoms with Gasteiger partial charge in [0.2, 0.25) is 6.79 Å². The lowest BCUT2D eigenvalue weighted by molar-refractivity contribution is 0.0904. The molecule has 5 nitrogen and oxygen atoms in total. The van der Waals surface area contributed by atoms with Gasteiger partial charge in [0.25, 0.3) is 0 Å². The van der Waals surface area contributed by atoms with Crippen LogP contribution >= 0.6 is 23.2 Å². The Morgan fingerprint density at radius 1 is 1.11 bits per heavy atom. The molecule has 0 unspecified atom stereocenters. The first-order valence-corrected chi connectivity index (χ1v) is 13.6. The highest BCUT2D eigenvalue weighted by atomic mass is 35.5. The molecular weight excluding hydrogens is 415 g/mol. The predicted octanol–water partition coefficient (Wildman–Crippen LogP) is 6.05. The first-order chi connectivity index (χ1) is 13.3. The molecule has 0 fully saturated rings. The second-order valence-electron chi connectivity index (χ2n) is 8.03. The van der Waals surface area contributed by atoms with Crippen LogP contribution in [0.4, 0.5) is 0 Å². The van der Waals surface area contributed by atoms with Gasteiger partial charge in [-0.25, -0.2) is 4.98 Å². The van der Waals surface area contributed by atoms with Gasteiger partial charge in [-0.1, -0.05) is 42.8 Å². The van der Waals surface area contributed by atoms with Gasteiger partial charge in [0, 0.05) is 26.3 Å². The molecule has 0 radical (unpaired) electrons. The van der Waals surface area contributed by atoms with Crippen LogP contribution in [0, 0.1) is 0 Å². The Balaban J connectivity index is 1.61. The zero-order valence-electron chi connectivity index (χ0n) is 16.1. The fraction of sp³-hybridized carbons (Fsp3) is 0.350. The second kappa shape index (κ2) is 7.59. The van der Waals surface area contributed by atoms with E-state index in [0.717, 1.165) is 35.0 Å². The van der Waals surface area contributed by atoms with E-state index in [1.807, 2.05) is 34.9 Å². The van der Waals surface area contributed by atoms with E-state index in [1.54, 1.807) is 0 Å². The average Bonchev–Trinajstić information content (AvgIpc) is 3.20. The maximum absolute atomic E-state index is 6.56. The van der Waals surface area contributed by atoms with Crippen molar-refractivity contribution >= 4 is 42.3 Å². The zero-order valence-corrected chi connectivity index (χ0v) is 18.6. The van der Waals surface area contributed by atoms with E-state index in [2.05, 4.69) is 19.6 Å². The minimum Gasteiger partial charge on any atom is -0.454 e. The molecule has 1 aliphatic heterocycles. The zero-order chi connectivity index (χ0) is 19.9. The maximum Gasteiger partial charge on any atom is 0.231 e. The molecule has 0 saturated heterocycles. The van der Waals surface area contributed by atoms with E-state index in [9.17, 15) is 0 Å². The Labute approximate surface area is 175 Å². The van der Waals surface area contributed by atoms with Crippen molar-refractivity contribution in [3.05, 3.63) is 40.5 Å². The quantitative estimate of drug-likeness (QED) is 0.348. The Hall–Kier alpha value is -1.73. The molecule has 1 aliphatic rings. The summed E-state index contributed by atoms with van der Waals surface area (Å²) in [5, 5.41) is 1.12. The summed E-state index contributed by atoms with van der Waals surface area (Å²) in [6.07, 6.45) is 0. The highest BCUT2D eigenvalue weighted by molar-refractivity contribution is 6.76. The number of nitrogens with zero attached hydrogens (tertiary/aromatic N) is 2. The van der Waals surface area contributed by atoms with Crippen LogP contribution in [0.15, 0.2) is 30.3 Å². The average molecular weight is 437 g/mol. The number of benzene rings is 1. The molecule has 0 N–H and O–H groups in total. The minimum absolute atomic E-state index is 0.231. The molecule has 0 aliphatic carbocycles. The minimum atomic E-state index is -1.13. The molecule has 0 bridgehead atoms. The van der Waals surface area contributed by atoms with Crippen molar-refractivity contribution in [3.63, 3.8) is 0 Å². The molecule has 4 rings (SSSR count).